The van der Waals surface area contributed by atoms with Crippen molar-refractivity contribution in [1.29, 1.82) is 0 Å². The fraction of sp³-hybridized carbons (Fsp3) is 0.759. The molecule has 2 unspecified atom stereocenters. The first kappa shape index (κ1) is 59.0. The van der Waals surface area contributed by atoms with Crippen molar-refractivity contribution in [2.75, 3.05) is 41.0 Å². The van der Waals surface area contributed by atoms with E-state index in [0.29, 0.717) is 19.3 Å². The maximum absolute atomic E-state index is 12.8. The van der Waals surface area contributed by atoms with Gasteiger partial charge in [-0.1, -0.05) is 184 Å². The number of unbranched alkanes of at least 4 members (excludes halogenated alkanes) is 22. The molecule has 8 nitrogen and oxygen atoms in total. The van der Waals surface area contributed by atoms with E-state index in [0.717, 1.165) is 64.2 Å². The van der Waals surface area contributed by atoms with Crippen molar-refractivity contribution in [2.24, 2.45) is 0 Å². The molecule has 0 radical (unpaired) electrons. The van der Waals surface area contributed by atoms with E-state index in [9.17, 15) is 19.5 Å². The molecule has 62 heavy (non-hydrogen) atoms. The first-order chi connectivity index (χ1) is 30.1. The lowest BCUT2D eigenvalue weighted by molar-refractivity contribution is -0.887. The van der Waals surface area contributed by atoms with Gasteiger partial charge in [0.05, 0.1) is 34.4 Å². The number of carbonyl (C=O) groups excluding carboxylic acids is 2. The van der Waals surface area contributed by atoms with E-state index in [1.807, 2.05) is 21.1 Å². The summed E-state index contributed by atoms with van der Waals surface area (Å²) in [5, 5.41) is 9.65. The Hall–Kier alpha value is -2.97. The van der Waals surface area contributed by atoms with Crippen LogP contribution in [0.15, 0.2) is 60.8 Å². The van der Waals surface area contributed by atoms with E-state index in [-0.39, 0.29) is 36.2 Å². The molecule has 0 aromatic rings. The first-order valence-electron chi connectivity index (χ1n) is 25.3. The standard InChI is InChI=1S/C54H95NO7/c1-6-8-10-12-14-16-18-20-22-24-26-28-30-32-34-36-38-40-42-44-52(56)61-49-50(48-60-47-46-51(54(58)59)55(3,4)5)62-53(57)45-43-41-39-37-35-33-31-29-27-25-23-21-19-17-15-13-11-9-7-2/h9,11,14-18,20-21,23,50-51H,6-8,10,12-13,19,22,24-49H2,1-5H3/p+1/b11-9+,16-14+,17-15+,20-18+,23-21+. The quantitative estimate of drug-likeness (QED) is 0.0214. The number of quaternary nitrogens is 1. The van der Waals surface area contributed by atoms with Gasteiger partial charge in [-0.15, -0.1) is 0 Å². The smallest absolute Gasteiger partial charge is 0.362 e. The lowest BCUT2D eigenvalue weighted by atomic mass is 10.1. The number of hydrogen-bond donors (Lipinski definition) is 1. The van der Waals surface area contributed by atoms with Crippen molar-refractivity contribution < 1.29 is 38.2 Å². The molecule has 1 N–H and O–H groups in total. The van der Waals surface area contributed by atoms with Crippen LogP contribution >= 0.6 is 0 Å². The lowest BCUT2D eigenvalue weighted by Gasteiger charge is -2.31. The molecule has 0 saturated heterocycles. The first-order valence-corrected chi connectivity index (χ1v) is 25.3. The summed E-state index contributed by atoms with van der Waals surface area (Å²) >= 11 is 0. The Balaban J connectivity index is 4.26. The molecule has 0 saturated carbocycles. The number of carboxylic acid groups (broad SMARTS) is 1. The molecule has 0 rings (SSSR count). The van der Waals surface area contributed by atoms with Gasteiger partial charge in [0.15, 0.2) is 12.1 Å². The van der Waals surface area contributed by atoms with Crippen LogP contribution in [0.1, 0.15) is 213 Å². The monoisotopic (exact) mass is 871 g/mol. The Morgan fingerprint density at radius 2 is 0.952 bits per heavy atom. The number of aliphatic carboxylic acids is 1. The Morgan fingerprint density at radius 1 is 0.516 bits per heavy atom. The number of carbonyl (C=O) groups is 3. The second-order valence-corrected chi connectivity index (χ2v) is 18.1. The third-order valence-electron chi connectivity index (χ3n) is 11.2. The third kappa shape index (κ3) is 42.3. The van der Waals surface area contributed by atoms with Gasteiger partial charge < -0.3 is 23.8 Å². The molecule has 0 bridgehead atoms. The normalized spacial score (nSPS) is 13.4. The van der Waals surface area contributed by atoms with Gasteiger partial charge in [0.1, 0.15) is 6.61 Å². The summed E-state index contributed by atoms with van der Waals surface area (Å²) in [5.74, 6) is -1.48. The Morgan fingerprint density at radius 3 is 1.44 bits per heavy atom. The van der Waals surface area contributed by atoms with Crippen LogP contribution in [-0.2, 0) is 28.6 Å². The highest BCUT2D eigenvalue weighted by molar-refractivity contribution is 5.72. The molecule has 0 aliphatic rings. The molecule has 0 aliphatic carbocycles. The molecule has 358 valence electrons. The molecule has 2 atom stereocenters. The van der Waals surface area contributed by atoms with E-state index < -0.39 is 18.1 Å². The predicted molar refractivity (Wildman–Crippen MR) is 261 cm³/mol. The summed E-state index contributed by atoms with van der Waals surface area (Å²) in [6, 6.07) is -0.618. The van der Waals surface area contributed by atoms with Crippen LogP contribution in [0, 0.1) is 0 Å². The van der Waals surface area contributed by atoms with E-state index in [2.05, 4.69) is 74.6 Å². The Kier molecular flexibility index (Phi) is 42.5. The average molecular weight is 871 g/mol. The highest BCUT2D eigenvalue weighted by Gasteiger charge is 2.31. The highest BCUT2D eigenvalue weighted by atomic mass is 16.6. The van der Waals surface area contributed by atoms with Crippen molar-refractivity contribution in [3.8, 4) is 0 Å². The molecule has 0 fully saturated rings. The average Bonchev–Trinajstić information content (AvgIpc) is 3.23. The fourth-order valence-electron chi connectivity index (χ4n) is 7.27. The number of ether oxygens (including phenoxy) is 3. The van der Waals surface area contributed by atoms with Crippen LogP contribution in [0.5, 0.6) is 0 Å². The number of hydrogen-bond acceptors (Lipinski definition) is 6. The molecular formula is C54H96NO7+. The third-order valence-corrected chi connectivity index (χ3v) is 11.2. The SMILES string of the molecule is CC/C=C/C/C=C/C/C=C/CCCCCCCCCCCC(=O)OC(COCCC(C(=O)O)[N+](C)(C)C)COC(=O)CCCCCCCCCCCC/C=C/C=C/CCCCC. The fourth-order valence-corrected chi connectivity index (χ4v) is 7.27. The molecule has 0 aliphatic heterocycles. The summed E-state index contributed by atoms with van der Waals surface area (Å²) in [4.78, 5) is 37.2. The zero-order valence-corrected chi connectivity index (χ0v) is 40.8. The minimum Gasteiger partial charge on any atom is -0.477 e. The topological polar surface area (TPSA) is 99.1 Å². The molecular weight excluding hydrogens is 775 g/mol. The van der Waals surface area contributed by atoms with Crippen molar-refractivity contribution in [2.45, 2.75) is 225 Å². The molecule has 0 aromatic carbocycles. The number of esters is 2. The van der Waals surface area contributed by atoms with Crippen LogP contribution in [-0.4, -0.2) is 80.6 Å². The lowest BCUT2D eigenvalue weighted by Crippen LogP contribution is -2.50. The van der Waals surface area contributed by atoms with Gasteiger partial charge in [-0.05, 0) is 70.6 Å². The molecule has 0 amide bonds. The second kappa shape index (κ2) is 44.6. The molecule has 0 heterocycles. The summed E-state index contributed by atoms with van der Waals surface area (Å²) in [7, 11) is 5.53. The molecule has 0 spiro atoms. The van der Waals surface area contributed by atoms with Crippen molar-refractivity contribution in [3.05, 3.63) is 60.8 Å². The minimum atomic E-state index is -0.877. The van der Waals surface area contributed by atoms with Gasteiger partial charge in [-0.25, -0.2) is 4.79 Å². The van der Waals surface area contributed by atoms with Crippen molar-refractivity contribution in [3.63, 3.8) is 0 Å². The predicted octanol–water partition coefficient (Wildman–Crippen LogP) is 14.5. The summed E-state index contributed by atoms with van der Waals surface area (Å²) in [6.45, 7) is 4.61. The summed E-state index contributed by atoms with van der Waals surface area (Å²) < 4.78 is 17.4. The second-order valence-electron chi connectivity index (χ2n) is 18.1. The number of carboxylic acids is 1. The Labute approximate surface area is 381 Å². The highest BCUT2D eigenvalue weighted by Crippen LogP contribution is 2.15. The number of nitrogens with zero attached hydrogens (tertiary/aromatic N) is 1. The molecule has 8 heteroatoms. The maximum Gasteiger partial charge on any atom is 0.362 e. The molecule has 0 aromatic heterocycles. The van der Waals surface area contributed by atoms with Gasteiger partial charge in [-0.3, -0.25) is 9.59 Å². The number of allylic oxidation sites excluding steroid dienone is 10. The summed E-state index contributed by atoms with van der Waals surface area (Å²) in [5.41, 5.74) is 0. The van der Waals surface area contributed by atoms with E-state index in [4.69, 9.17) is 14.2 Å². The number of rotatable bonds is 45. The van der Waals surface area contributed by atoms with Gasteiger partial charge in [0, 0.05) is 19.3 Å². The number of likely N-dealkylation sites (N-methyl/N-ethyl adjacent to an activating group) is 1. The van der Waals surface area contributed by atoms with Gasteiger partial charge in [-0.2, -0.15) is 0 Å². The van der Waals surface area contributed by atoms with Crippen LogP contribution in [0.3, 0.4) is 0 Å². The van der Waals surface area contributed by atoms with Crippen LogP contribution in [0.2, 0.25) is 0 Å². The van der Waals surface area contributed by atoms with Crippen LogP contribution in [0.25, 0.3) is 0 Å². The zero-order valence-electron chi connectivity index (χ0n) is 40.8. The largest absolute Gasteiger partial charge is 0.477 e. The van der Waals surface area contributed by atoms with E-state index in [1.54, 1.807) is 0 Å². The van der Waals surface area contributed by atoms with Crippen molar-refractivity contribution in [1.82, 2.24) is 0 Å². The minimum absolute atomic E-state index is 0.0560. The Bertz CT molecular complexity index is 1200. The zero-order chi connectivity index (χ0) is 45.6. The van der Waals surface area contributed by atoms with Gasteiger partial charge >= 0.3 is 17.9 Å². The van der Waals surface area contributed by atoms with Crippen molar-refractivity contribution >= 4 is 17.9 Å². The maximum atomic E-state index is 12.8. The van der Waals surface area contributed by atoms with E-state index in [1.165, 1.54) is 116 Å². The van der Waals surface area contributed by atoms with E-state index >= 15 is 0 Å². The van der Waals surface area contributed by atoms with Crippen LogP contribution < -0.4 is 0 Å². The van der Waals surface area contributed by atoms with Gasteiger partial charge in [0.2, 0.25) is 0 Å². The summed E-state index contributed by atoms with van der Waals surface area (Å²) in [6.07, 6.45) is 55.5. The van der Waals surface area contributed by atoms with Gasteiger partial charge in [0.25, 0.3) is 0 Å². The van der Waals surface area contributed by atoms with Crippen LogP contribution in [0.4, 0.5) is 0 Å².